The van der Waals surface area contributed by atoms with Gasteiger partial charge in [-0.2, -0.15) is 0 Å². The maximum Gasteiger partial charge on any atom is 0.269 e. The van der Waals surface area contributed by atoms with Crippen LogP contribution in [0.5, 0.6) is 0 Å². The summed E-state index contributed by atoms with van der Waals surface area (Å²) in [5.41, 5.74) is 1.93. The normalized spacial score (nSPS) is 12.0. The minimum atomic E-state index is -0.419. The number of non-ortho nitro benzene ring substituents is 1. The van der Waals surface area contributed by atoms with Gasteiger partial charge in [0.2, 0.25) is 0 Å². The van der Waals surface area contributed by atoms with Crippen LogP contribution in [0.4, 0.5) is 5.69 Å². The van der Waals surface area contributed by atoms with E-state index in [9.17, 15) is 10.1 Å². The summed E-state index contributed by atoms with van der Waals surface area (Å²) >= 11 is 0. The van der Waals surface area contributed by atoms with Crippen molar-refractivity contribution in [3.8, 4) is 0 Å². The van der Waals surface area contributed by atoms with Crippen LogP contribution in [0.2, 0.25) is 0 Å². The Morgan fingerprint density at radius 3 is 2.00 bits per heavy atom. The van der Waals surface area contributed by atoms with Gasteiger partial charge in [0.1, 0.15) is 0 Å². The third-order valence-corrected chi connectivity index (χ3v) is 2.62. The average molecular weight is 223 g/mol. The van der Waals surface area contributed by atoms with Crippen LogP contribution in [0.1, 0.15) is 16.9 Å². The van der Waals surface area contributed by atoms with Crippen LogP contribution in [0, 0.1) is 10.1 Å². The molecule has 1 unspecified atom stereocenters. The molecule has 1 atom stereocenters. The van der Waals surface area contributed by atoms with Gasteiger partial charge in [0.05, 0.1) is 12.8 Å². The third-order valence-electron chi connectivity index (χ3n) is 2.62. The topological polar surface area (TPSA) is 43.1 Å². The van der Waals surface area contributed by atoms with Crippen LogP contribution in [0.15, 0.2) is 54.6 Å². The first kappa shape index (κ1) is 11.4. The second-order valence-corrected chi connectivity index (χ2v) is 3.74. The number of nitro groups is 1. The van der Waals surface area contributed by atoms with E-state index >= 15 is 0 Å². The highest BCUT2D eigenvalue weighted by Gasteiger charge is 2.09. The molecule has 0 heterocycles. The lowest BCUT2D eigenvalue weighted by molar-refractivity contribution is -0.384. The molecule has 4 heteroatoms. The maximum atomic E-state index is 10.5. The van der Waals surface area contributed by atoms with E-state index in [-0.39, 0.29) is 11.5 Å². The summed E-state index contributed by atoms with van der Waals surface area (Å²) in [7, 11) is 6.07. The lowest BCUT2D eigenvalue weighted by Gasteiger charge is -2.12. The standard InChI is InChI=1S/C13H10BNO2/c14-13(10-4-2-1-3-5-10)11-6-8-12(9-7-11)15(16)17/h1-9,13H. The molecule has 0 aliphatic heterocycles. The molecule has 17 heavy (non-hydrogen) atoms. The monoisotopic (exact) mass is 223 g/mol. The Kier molecular flexibility index (Phi) is 3.23. The largest absolute Gasteiger partial charge is 0.269 e. The number of hydrogen-bond donors (Lipinski definition) is 0. The summed E-state index contributed by atoms with van der Waals surface area (Å²) in [6, 6.07) is 16.0. The van der Waals surface area contributed by atoms with Gasteiger partial charge in [-0.05, 0) is 16.9 Å². The molecule has 3 nitrogen and oxygen atoms in total. The molecule has 0 aromatic heterocycles. The van der Waals surface area contributed by atoms with E-state index in [1.807, 2.05) is 30.3 Å². The van der Waals surface area contributed by atoms with E-state index in [2.05, 4.69) is 0 Å². The van der Waals surface area contributed by atoms with Crippen LogP contribution < -0.4 is 0 Å². The minimum Gasteiger partial charge on any atom is -0.258 e. The smallest absolute Gasteiger partial charge is 0.258 e. The number of rotatable bonds is 3. The number of nitro benzene ring substituents is 1. The van der Waals surface area contributed by atoms with Gasteiger partial charge in [0.25, 0.3) is 5.69 Å². The van der Waals surface area contributed by atoms with Crippen molar-refractivity contribution in [2.24, 2.45) is 0 Å². The molecule has 0 aliphatic rings. The van der Waals surface area contributed by atoms with Crippen LogP contribution in [-0.2, 0) is 0 Å². The Morgan fingerprint density at radius 1 is 0.941 bits per heavy atom. The summed E-state index contributed by atoms with van der Waals surface area (Å²) < 4.78 is 0. The van der Waals surface area contributed by atoms with Crippen molar-refractivity contribution in [3.63, 3.8) is 0 Å². The SMILES string of the molecule is [B]C(c1ccccc1)c1ccc([N+](=O)[O-])cc1. The van der Waals surface area contributed by atoms with E-state index in [1.165, 1.54) is 12.1 Å². The summed E-state index contributed by atoms with van der Waals surface area (Å²) in [6.45, 7) is 0. The van der Waals surface area contributed by atoms with Crippen molar-refractivity contribution in [1.82, 2.24) is 0 Å². The molecule has 0 saturated heterocycles. The van der Waals surface area contributed by atoms with Gasteiger partial charge in [-0.3, -0.25) is 10.1 Å². The van der Waals surface area contributed by atoms with Crippen molar-refractivity contribution < 1.29 is 4.92 Å². The fraction of sp³-hybridized carbons (Fsp3) is 0.0769. The van der Waals surface area contributed by atoms with Crippen molar-refractivity contribution >= 4 is 13.5 Å². The second-order valence-electron chi connectivity index (χ2n) is 3.74. The van der Waals surface area contributed by atoms with Crippen LogP contribution in [-0.4, -0.2) is 12.8 Å². The lowest BCUT2D eigenvalue weighted by atomic mass is 9.76. The zero-order valence-corrected chi connectivity index (χ0v) is 9.11. The number of benzene rings is 2. The molecule has 0 fully saturated rings. The fourth-order valence-corrected chi connectivity index (χ4v) is 1.66. The van der Waals surface area contributed by atoms with Gasteiger partial charge in [-0.1, -0.05) is 42.5 Å². The van der Waals surface area contributed by atoms with E-state index in [1.54, 1.807) is 12.1 Å². The van der Waals surface area contributed by atoms with Crippen molar-refractivity contribution in [3.05, 3.63) is 75.8 Å². The predicted octanol–water partition coefficient (Wildman–Crippen LogP) is 2.85. The molecular formula is C13H10BNO2. The van der Waals surface area contributed by atoms with Crippen LogP contribution in [0.3, 0.4) is 0 Å². The van der Waals surface area contributed by atoms with Crippen LogP contribution in [0.25, 0.3) is 0 Å². The molecule has 0 N–H and O–H groups in total. The minimum absolute atomic E-state index is 0.0778. The second kappa shape index (κ2) is 4.83. The molecule has 0 bridgehead atoms. The quantitative estimate of drug-likeness (QED) is 0.456. The summed E-state index contributed by atoms with van der Waals surface area (Å²) in [4.78, 5) is 10.1. The van der Waals surface area contributed by atoms with Gasteiger partial charge in [-0.25, -0.2) is 0 Å². The molecule has 2 radical (unpaired) electrons. The highest BCUT2D eigenvalue weighted by molar-refractivity contribution is 6.14. The molecule has 0 saturated carbocycles. The molecule has 2 aromatic carbocycles. The molecule has 2 aromatic rings. The first-order valence-electron chi connectivity index (χ1n) is 5.23. The Balaban J connectivity index is 2.26. The molecule has 82 valence electrons. The zero-order chi connectivity index (χ0) is 12.3. The summed E-state index contributed by atoms with van der Waals surface area (Å²) in [5, 5.41) is 10.5. The van der Waals surface area contributed by atoms with Gasteiger partial charge >= 0.3 is 0 Å². The fourth-order valence-electron chi connectivity index (χ4n) is 1.66. The van der Waals surface area contributed by atoms with Gasteiger partial charge in [-0.15, -0.1) is 0 Å². The highest BCUT2D eigenvalue weighted by Crippen LogP contribution is 2.23. The van der Waals surface area contributed by atoms with Gasteiger partial charge in [0.15, 0.2) is 0 Å². The third kappa shape index (κ3) is 2.53. The Hall–Kier alpha value is -2.10. The first-order valence-corrected chi connectivity index (χ1v) is 5.23. The van der Waals surface area contributed by atoms with E-state index in [0.29, 0.717) is 0 Å². The average Bonchev–Trinajstić information content (AvgIpc) is 2.39. The maximum absolute atomic E-state index is 10.5. The molecule has 2 rings (SSSR count). The van der Waals surface area contributed by atoms with E-state index in [4.69, 9.17) is 7.85 Å². The number of nitrogens with zero attached hydrogens (tertiary/aromatic N) is 1. The van der Waals surface area contributed by atoms with E-state index < -0.39 is 4.92 Å². The Bertz CT molecular complexity index is 511. The summed E-state index contributed by atoms with van der Waals surface area (Å²) in [5.74, 6) is -0.253. The van der Waals surface area contributed by atoms with Crippen molar-refractivity contribution in [2.75, 3.05) is 0 Å². The molecular weight excluding hydrogens is 213 g/mol. The number of hydrogen-bond acceptors (Lipinski definition) is 2. The molecule has 0 amide bonds. The highest BCUT2D eigenvalue weighted by atomic mass is 16.6. The first-order chi connectivity index (χ1) is 8.18. The van der Waals surface area contributed by atoms with Crippen molar-refractivity contribution in [1.29, 1.82) is 0 Å². The Morgan fingerprint density at radius 2 is 1.47 bits per heavy atom. The van der Waals surface area contributed by atoms with E-state index in [0.717, 1.165) is 11.1 Å². The summed E-state index contributed by atoms with van der Waals surface area (Å²) in [6.07, 6.45) is 0. The lowest BCUT2D eigenvalue weighted by Crippen LogP contribution is -2.00. The van der Waals surface area contributed by atoms with Gasteiger partial charge < -0.3 is 0 Å². The van der Waals surface area contributed by atoms with Crippen LogP contribution >= 0.6 is 0 Å². The van der Waals surface area contributed by atoms with Gasteiger partial charge in [0, 0.05) is 12.1 Å². The molecule has 0 spiro atoms. The van der Waals surface area contributed by atoms with Crippen molar-refractivity contribution in [2.45, 2.75) is 5.82 Å². The zero-order valence-electron chi connectivity index (χ0n) is 9.11. The Labute approximate surface area is 101 Å². The molecule has 0 aliphatic carbocycles. The predicted molar refractivity (Wildman–Crippen MR) is 67.1 cm³/mol.